The van der Waals surface area contributed by atoms with Crippen molar-refractivity contribution in [2.45, 2.75) is 31.7 Å². The predicted octanol–water partition coefficient (Wildman–Crippen LogP) is 4.10. The number of hydrogen-bond acceptors (Lipinski definition) is 5. The number of methoxy groups -OCH3 is 3. The van der Waals surface area contributed by atoms with Gasteiger partial charge in [0.15, 0.2) is 5.96 Å². The molecule has 1 fully saturated rings. The summed E-state index contributed by atoms with van der Waals surface area (Å²) in [4.78, 5) is 6.79. The molecule has 7 nitrogen and oxygen atoms in total. The maximum absolute atomic E-state index is 5.41. The lowest BCUT2D eigenvalue weighted by atomic mass is 10.0. The van der Waals surface area contributed by atoms with Gasteiger partial charge in [0.25, 0.3) is 0 Å². The van der Waals surface area contributed by atoms with Gasteiger partial charge in [-0.25, -0.2) is 0 Å². The van der Waals surface area contributed by atoms with Crippen molar-refractivity contribution in [3.8, 4) is 17.2 Å². The van der Waals surface area contributed by atoms with Gasteiger partial charge in [-0.2, -0.15) is 0 Å². The highest BCUT2D eigenvalue weighted by molar-refractivity contribution is 14.0. The van der Waals surface area contributed by atoms with Crippen LogP contribution in [0.5, 0.6) is 17.2 Å². The van der Waals surface area contributed by atoms with Crippen molar-refractivity contribution >= 4 is 35.6 Å². The van der Waals surface area contributed by atoms with Crippen LogP contribution in [-0.2, 0) is 6.42 Å². The van der Waals surface area contributed by atoms with Gasteiger partial charge in [-0.3, -0.25) is 4.99 Å². The Morgan fingerprint density at radius 1 is 0.939 bits per heavy atom. The van der Waals surface area contributed by atoms with Gasteiger partial charge in [-0.15, -0.1) is 24.0 Å². The molecule has 3 rings (SSSR count). The van der Waals surface area contributed by atoms with Crippen LogP contribution in [0.2, 0.25) is 0 Å². The normalized spacial score (nSPS) is 14.3. The summed E-state index contributed by atoms with van der Waals surface area (Å²) in [5.74, 6) is 3.41. The Morgan fingerprint density at radius 2 is 1.55 bits per heavy atom. The summed E-state index contributed by atoms with van der Waals surface area (Å²) in [6, 6.07) is 14.7. The fourth-order valence-electron chi connectivity index (χ4n) is 3.94. The van der Waals surface area contributed by atoms with E-state index in [9.17, 15) is 0 Å². The molecule has 1 aliphatic rings. The lowest BCUT2D eigenvalue weighted by molar-refractivity contribution is 0.393. The number of halogens is 1. The van der Waals surface area contributed by atoms with E-state index < -0.39 is 0 Å². The summed E-state index contributed by atoms with van der Waals surface area (Å²) in [5.41, 5.74) is 2.46. The number of ether oxygens (including phenoxy) is 3. The fourth-order valence-corrected chi connectivity index (χ4v) is 3.94. The van der Waals surface area contributed by atoms with Gasteiger partial charge < -0.3 is 29.7 Å². The maximum atomic E-state index is 5.41. The molecule has 2 N–H and O–H groups in total. The van der Waals surface area contributed by atoms with Crippen LogP contribution in [0, 0.1) is 0 Å². The number of guanidine groups is 1. The zero-order valence-corrected chi connectivity index (χ0v) is 22.4. The van der Waals surface area contributed by atoms with Crippen LogP contribution < -0.4 is 29.7 Å². The molecule has 8 heteroatoms. The first kappa shape index (κ1) is 26.9. The van der Waals surface area contributed by atoms with E-state index in [0.717, 1.165) is 74.2 Å². The Balaban J connectivity index is 0.00000385. The average Bonchev–Trinajstić information content (AvgIpc) is 2.86. The van der Waals surface area contributed by atoms with E-state index in [2.05, 4.69) is 44.8 Å². The van der Waals surface area contributed by atoms with Crippen LogP contribution in [0.3, 0.4) is 0 Å². The molecule has 2 aromatic carbocycles. The summed E-state index contributed by atoms with van der Waals surface area (Å²) in [6.07, 6.45) is 4.16. The molecule has 1 heterocycles. The molecule has 0 amide bonds. The number of hydrogen-bond donors (Lipinski definition) is 2. The van der Waals surface area contributed by atoms with E-state index in [-0.39, 0.29) is 24.0 Å². The number of anilines is 1. The van der Waals surface area contributed by atoms with E-state index in [1.54, 1.807) is 21.3 Å². The van der Waals surface area contributed by atoms with Crippen molar-refractivity contribution in [2.24, 2.45) is 4.99 Å². The number of nitrogens with one attached hydrogen (secondary N) is 2. The van der Waals surface area contributed by atoms with Gasteiger partial charge in [-0.1, -0.05) is 12.1 Å². The highest BCUT2D eigenvalue weighted by Crippen LogP contribution is 2.30. The van der Waals surface area contributed by atoms with Gasteiger partial charge in [0.2, 0.25) is 0 Å². The van der Waals surface area contributed by atoms with Crippen molar-refractivity contribution in [1.29, 1.82) is 0 Å². The van der Waals surface area contributed by atoms with Gasteiger partial charge in [0.05, 0.1) is 21.3 Å². The standard InChI is InChI=1S/C25H36N4O3.HI/c1-26-25(27-13-5-6-19-7-9-22(30-2)10-8-19)28-20-11-14-29(15-12-20)21-16-23(31-3)18-24(17-21)32-4;/h7-10,16-18,20H,5-6,11-15H2,1-4H3,(H2,26,27,28);1H. The Hall–Kier alpha value is -2.36. The molecule has 33 heavy (non-hydrogen) atoms. The summed E-state index contributed by atoms with van der Waals surface area (Å²) in [6.45, 7) is 2.83. The zero-order valence-electron chi connectivity index (χ0n) is 20.1. The molecule has 1 aliphatic heterocycles. The molecule has 182 valence electrons. The molecule has 2 aromatic rings. The molecular weight excluding hydrogens is 531 g/mol. The lowest BCUT2D eigenvalue weighted by Gasteiger charge is -2.34. The second-order valence-corrected chi connectivity index (χ2v) is 7.93. The quantitative estimate of drug-likeness (QED) is 0.206. The summed E-state index contributed by atoms with van der Waals surface area (Å²) < 4.78 is 16.0. The third-order valence-corrected chi connectivity index (χ3v) is 5.85. The second-order valence-electron chi connectivity index (χ2n) is 7.93. The molecule has 0 atom stereocenters. The van der Waals surface area contributed by atoms with Crippen LogP contribution in [0.15, 0.2) is 47.5 Å². The number of aliphatic imine (C=N–C) groups is 1. The van der Waals surface area contributed by atoms with Crippen LogP contribution in [0.25, 0.3) is 0 Å². The summed E-state index contributed by atoms with van der Waals surface area (Å²) in [5, 5.41) is 7.03. The first-order valence-electron chi connectivity index (χ1n) is 11.2. The molecule has 0 aliphatic carbocycles. The molecule has 0 radical (unpaired) electrons. The third kappa shape index (κ3) is 8.17. The monoisotopic (exact) mass is 568 g/mol. The van der Waals surface area contributed by atoms with Crippen molar-refractivity contribution in [2.75, 3.05) is 52.9 Å². The molecule has 0 saturated carbocycles. The fraction of sp³-hybridized carbons (Fsp3) is 0.480. The van der Waals surface area contributed by atoms with E-state index in [4.69, 9.17) is 14.2 Å². The third-order valence-electron chi connectivity index (χ3n) is 5.85. The van der Waals surface area contributed by atoms with Crippen LogP contribution in [-0.4, -0.2) is 60.0 Å². The maximum Gasteiger partial charge on any atom is 0.191 e. The van der Waals surface area contributed by atoms with Crippen LogP contribution in [0.1, 0.15) is 24.8 Å². The van der Waals surface area contributed by atoms with Gasteiger partial charge in [0, 0.05) is 56.6 Å². The highest BCUT2D eigenvalue weighted by Gasteiger charge is 2.21. The van der Waals surface area contributed by atoms with Gasteiger partial charge in [0.1, 0.15) is 17.2 Å². The van der Waals surface area contributed by atoms with Crippen molar-refractivity contribution < 1.29 is 14.2 Å². The van der Waals surface area contributed by atoms with Gasteiger partial charge >= 0.3 is 0 Å². The van der Waals surface area contributed by atoms with Crippen molar-refractivity contribution in [3.63, 3.8) is 0 Å². The lowest BCUT2D eigenvalue weighted by Crippen LogP contribution is -2.49. The molecule has 0 bridgehead atoms. The summed E-state index contributed by atoms with van der Waals surface area (Å²) in [7, 11) is 6.89. The first-order chi connectivity index (χ1) is 15.6. The average molecular weight is 569 g/mol. The Kier molecular flexibility index (Phi) is 11.4. The number of benzene rings is 2. The number of nitrogens with zero attached hydrogens (tertiary/aromatic N) is 2. The molecule has 0 aromatic heterocycles. The number of aryl methyl sites for hydroxylation is 1. The summed E-state index contributed by atoms with van der Waals surface area (Å²) >= 11 is 0. The minimum absolute atomic E-state index is 0. The van der Waals surface area contributed by atoms with E-state index in [1.807, 2.05) is 25.2 Å². The smallest absolute Gasteiger partial charge is 0.191 e. The number of rotatable bonds is 9. The largest absolute Gasteiger partial charge is 0.497 e. The topological polar surface area (TPSA) is 67.4 Å². The highest BCUT2D eigenvalue weighted by atomic mass is 127. The van der Waals surface area contributed by atoms with Gasteiger partial charge in [-0.05, 0) is 43.4 Å². The van der Waals surface area contributed by atoms with Crippen LogP contribution in [0.4, 0.5) is 5.69 Å². The van der Waals surface area contributed by atoms with Crippen LogP contribution >= 0.6 is 24.0 Å². The van der Waals surface area contributed by atoms with Crippen molar-refractivity contribution in [3.05, 3.63) is 48.0 Å². The SMILES string of the molecule is CN=C(NCCCc1ccc(OC)cc1)NC1CCN(c2cc(OC)cc(OC)c2)CC1.I. The minimum atomic E-state index is 0. The van der Waals surface area contributed by atoms with E-state index in [0.29, 0.717) is 6.04 Å². The Morgan fingerprint density at radius 3 is 2.09 bits per heavy atom. The molecular formula is C25H37IN4O3. The minimum Gasteiger partial charge on any atom is -0.497 e. The number of piperidine rings is 1. The van der Waals surface area contributed by atoms with E-state index >= 15 is 0 Å². The second kappa shape index (κ2) is 14.0. The molecule has 1 saturated heterocycles. The Bertz CT molecular complexity index is 846. The molecule has 0 spiro atoms. The Labute approximate surface area is 214 Å². The van der Waals surface area contributed by atoms with E-state index in [1.165, 1.54) is 5.56 Å². The first-order valence-corrected chi connectivity index (χ1v) is 11.2. The zero-order chi connectivity index (χ0) is 22.8. The van der Waals surface area contributed by atoms with Crippen molar-refractivity contribution in [1.82, 2.24) is 10.6 Å². The predicted molar refractivity (Wildman–Crippen MR) is 146 cm³/mol. The molecule has 0 unspecified atom stereocenters.